The molecule has 0 aliphatic carbocycles. The minimum atomic E-state index is -0.624. The van der Waals surface area contributed by atoms with Crippen molar-refractivity contribution in [1.82, 2.24) is 0 Å². The second-order valence-electron chi connectivity index (χ2n) is 7.05. The van der Waals surface area contributed by atoms with E-state index in [1.54, 1.807) is 18.2 Å². The van der Waals surface area contributed by atoms with Gasteiger partial charge in [-0.05, 0) is 43.2 Å². The van der Waals surface area contributed by atoms with E-state index >= 15 is 0 Å². The molecular weight excluding hydrogens is 372 g/mol. The van der Waals surface area contributed by atoms with Crippen molar-refractivity contribution in [2.24, 2.45) is 5.92 Å². The average molecular weight is 396 g/mol. The van der Waals surface area contributed by atoms with Crippen LogP contribution in [0.3, 0.4) is 0 Å². The number of rotatable bonds is 6. The van der Waals surface area contributed by atoms with Crippen LogP contribution < -0.4 is 15.0 Å². The van der Waals surface area contributed by atoms with Crippen molar-refractivity contribution in [3.05, 3.63) is 53.6 Å². The lowest BCUT2D eigenvalue weighted by atomic mass is 10.1. The lowest BCUT2D eigenvalue weighted by molar-refractivity contribution is -0.151. The van der Waals surface area contributed by atoms with Gasteiger partial charge < -0.3 is 19.7 Å². The molecule has 1 atom stereocenters. The van der Waals surface area contributed by atoms with Gasteiger partial charge in [0.1, 0.15) is 5.75 Å². The van der Waals surface area contributed by atoms with Crippen molar-refractivity contribution in [1.29, 1.82) is 0 Å². The third-order valence-electron chi connectivity index (χ3n) is 4.85. The number of aryl methyl sites for hydroxylation is 2. The van der Waals surface area contributed by atoms with E-state index in [4.69, 9.17) is 9.47 Å². The molecule has 29 heavy (non-hydrogen) atoms. The van der Waals surface area contributed by atoms with Crippen LogP contribution >= 0.6 is 0 Å². The van der Waals surface area contributed by atoms with E-state index in [2.05, 4.69) is 5.32 Å². The molecular formula is C22H24N2O5. The van der Waals surface area contributed by atoms with Gasteiger partial charge in [0.25, 0.3) is 5.91 Å². The van der Waals surface area contributed by atoms with Crippen LogP contribution in [0.25, 0.3) is 0 Å². The highest BCUT2D eigenvalue weighted by atomic mass is 16.5. The van der Waals surface area contributed by atoms with E-state index in [0.717, 1.165) is 11.1 Å². The Morgan fingerprint density at radius 1 is 1.17 bits per heavy atom. The predicted octanol–water partition coefficient (Wildman–Crippen LogP) is 2.85. The molecule has 3 rings (SSSR count). The first kappa shape index (κ1) is 20.4. The summed E-state index contributed by atoms with van der Waals surface area (Å²) in [5.74, 6) is -1.23. The highest BCUT2D eigenvalue weighted by Gasteiger charge is 2.37. The van der Waals surface area contributed by atoms with Crippen LogP contribution in [0.5, 0.6) is 5.75 Å². The van der Waals surface area contributed by atoms with E-state index in [9.17, 15) is 14.4 Å². The van der Waals surface area contributed by atoms with E-state index in [-0.39, 0.29) is 18.9 Å². The van der Waals surface area contributed by atoms with E-state index in [0.29, 0.717) is 17.1 Å². The van der Waals surface area contributed by atoms with Gasteiger partial charge in [0, 0.05) is 18.7 Å². The molecule has 1 fully saturated rings. The average Bonchev–Trinajstić information content (AvgIpc) is 3.10. The van der Waals surface area contributed by atoms with Gasteiger partial charge in [0.2, 0.25) is 5.91 Å². The molecule has 0 saturated carbocycles. The third-order valence-corrected chi connectivity index (χ3v) is 4.85. The van der Waals surface area contributed by atoms with Crippen molar-refractivity contribution in [2.45, 2.75) is 20.3 Å². The lowest BCUT2D eigenvalue weighted by Crippen LogP contribution is -2.28. The number of anilines is 2. The monoisotopic (exact) mass is 396 g/mol. The largest absolute Gasteiger partial charge is 0.495 e. The molecule has 1 heterocycles. The molecule has 0 radical (unpaired) electrons. The fraction of sp³-hybridized carbons (Fsp3) is 0.318. The minimum absolute atomic E-state index is 0.0372. The van der Waals surface area contributed by atoms with Crippen molar-refractivity contribution in [2.75, 3.05) is 30.5 Å². The maximum Gasteiger partial charge on any atom is 0.311 e. The number of hydrogen-bond acceptors (Lipinski definition) is 5. The molecule has 1 saturated heterocycles. The maximum absolute atomic E-state index is 12.4. The number of benzene rings is 2. The summed E-state index contributed by atoms with van der Waals surface area (Å²) in [6.07, 6.45) is 0.0372. The van der Waals surface area contributed by atoms with Gasteiger partial charge in [-0.15, -0.1) is 0 Å². The Kier molecular flexibility index (Phi) is 6.16. The molecule has 0 bridgehead atoms. The standard InChI is InChI=1S/C22H24N2O5/c1-14-8-9-15(2)17(10-14)23-20(25)13-29-22(27)16-11-21(26)24(12-16)18-6-4-5-7-19(18)28-3/h4-10,16H,11-13H2,1-3H3,(H,23,25)/t16-/m1/s1. The molecule has 1 aliphatic rings. The molecule has 0 aromatic heterocycles. The SMILES string of the molecule is COc1ccccc1N1C[C@H](C(=O)OCC(=O)Nc2cc(C)ccc2C)CC1=O. The molecule has 2 aromatic rings. The van der Waals surface area contributed by atoms with Gasteiger partial charge in [-0.2, -0.15) is 0 Å². The Labute approximate surface area is 169 Å². The summed E-state index contributed by atoms with van der Waals surface area (Å²) in [5, 5.41) is 2.75. The van der Waals surface area contributed by atoms with Gasteiger partial charge in [0.05, 0.1) is 18.7 Å². The highest BCUT2D eigenvalue weighted by Crippen LogP contribution is 2.33. The van der Waals surface area contributed by atoms with E-state index < -0.39 is 24.4 Å². The first-order valence-corrected chi connectivity index (χ1v) is 9.36. The number of para-hydroxylation sites is 2. The molecule has 0 unspecified atom stereocenters. The predicted molar refractivity (Wildman–Crippen MR) is 109 cm³/mol. The van der Waals surface area contributed by atoms with Crippen LogP contribution in [0, 0.1) is 19.8 Å². The molecule has 0 spiro atoms. The Morgan fingerprint density at radius 2 is 1.93 bits per heavy atom. The molecule has 1 N–H and O–H groups in total. The summed E-state index contributed by atoms with van der Waals surface area (Å²) in [7, 11) is 1.53. The third kappa shape index (κ3) is 4.74. The molecule has 2 amide bonds. The molecule has 7 nitrogen and oxygen atoms in total. The van der Waals surface area contributed by atoms with Crippen molar-refractivity contribution in [3.63, 3.8) is 0 Å². The second-order valence-corrected chi connectivity index (χ2v) is 7.05. The van der Waals surface area contributed by atoms with Gasteiger partial charge in [-0.3, -0.25) is 14.4 Å². The number of esters is 1. The van der Waals surface area contributed by atoms with Crippen LogP contribution in [0.4, 0.5) is 11.4 Å². The number of carbonyl (C=O) groups is 3. The van der Waals surface area contributed by atoms with E-state index in [1.165, 1.54) is 12.0 Å². The molecule has 2 aromatic carbocycles. The first-order chi connectivity index (χ1) is 13.9. The van der Waals surface area contributed by atoms with Crippen molar-refractivity contribution >= 4 is 29.2 Å². The number of amides is 2. The molecule has 1 aliphatic heterocycles. The summed E-state index contributed by atoms with van der Waals surface area (Å²) in [5.41, 5.74) is 3.24. The van der Waals surface area contributed by atoms with Crippen molar-refractivity contribution < 1.29 is 23.9 Å². The number of hydrogen-bond donors (Lipinski definition) is 1. The smallest absolute Gasteiger partial charge is 0.311 e. The van der Waals surface area contributed by atoms with Crippen LogP contribution in [0.15, 0.2) is 42.5 Å². The van der Waals surface area contributed by atoms with Crippen LogP contribution in [0.1, 0.15) is 17.5 Å². The summed E-state index contributed by atoms with van der Waals surface area (Å²) in [6, 6.07) is 12.9. The Morgan fingerprint density at radius 3 is 2.69 bits per heavy atom. The van der Waals surface area contributed by atoms with Crippen molar-refractivity contribution in [3.8, 4) is 5.75 Å². The summed E-state index contributed by atoms with van der Waals surface area (Å²) >= 11 is 0. The number of methoxy groups -OCH3 is 1. The van der Waals surface area contributed by atoms with Gasteiger partial charge >= 0.3 is 5.97 Å². The van der Waals surface area contributed by atoms with Gasteiger partial charge in [-0.1, -0.05) is 24.3 Å². The quantitative estimate of drug-likeness (QED) is 0.759. The topological polar surface area (TPSA) is 84.9 Å². The highest BCUT2D eigenvalue weighted by molar-refractivity contribution is 6.01. The summed E-state index contributed by atoms with van der Waals surface area (Å²) < 4.78 is 10.5. The fourth-order valence-electron chi connectivity index (χ4n) is 3.26. The van der Waals surface area contributed by atoms with Gasteiger partial charge in [0.15, 0.2) is 6.61 Å². The molecule has 152 valence electrons. The Bertz CT molecular complexity index is 941. The number of ether oxygens (including phenoxy) is 2. The Balaban J connectivity index is 1.57. The van der Waals surface area contributed by atoms with Crippen LogP contribution in [-0.4, -0.2) is 38.0 Å². The lowest BCUT2D eigenvalue weighted by Gasteiger charge is -2.19. The number of nitrogens with one attached hydrogen (secondary N) is 1. The zero-order chi connectivity index (χ0) is 21.0. The number of carbonyl (C=O) groups excluding carboxylic acids is 3. The van der Waals surface area contributed by atoms with E-state index in [1.807, 2.05) is 38.1 Å². The number of nitrogens with zero attached hydrogens (tertiary/aromatic N) is 1. The van der Waals surface area contributed by atoms with Crippen LogP contribution in [0.2, 0.25) is 0 Å². The zero-order valence-electron chi connectivity index (χ0n) is 16.7. The van der Waals surface area contributed by atoms with Crippen LogP contribution in [-0.2, 0) is 19.1 Å². The normalized spacial score (nSPS) is 15.9. The Hall–Kier alpha value is -3.35. The molecule has 7 heteroatoms. The maximum atomic E-state index is 12.4. The summed E-state index contributed by atoms with van der Waals surface area (Å²) in [6.45, 7) is 3.61. The van der Waals surface area contributed by atoms with Gasteiger partial charge in [-0.25, -0.2) is 0 Å². The summed E-state index contributed by atoms with van der Waals surface area (Å²) in [4.78, 5) is 38.4. The fourth-order valence-corrected chi connectivity index (χ4v) is 3.26. The minimum Gasteiger partial charge on any atom is -0.495 e. The second kappa shape index (κ2) is 8.77. The first-order valence-electron chi connectivity index (χ1n) is 9.36. The zero-order valence-corrected chi connectivity index (χ0v) is 16.7.